The zero-order chi connectivity index (χ0) is 22.8. The Morgan fingerprint density at radius 2 is 1.59 bits per heavy atom. The zero-order valence-electron chi connectivity index (χ0n) is 15.9. The van der Waals surface area contributed by atoms with Crippen LogP contribution in [0.15, 0.2) is 60.7 Å². The van der Waals surface area contributed by atoms with Crippen molar-refractivity contribution in [3.05, 3.63) is 87.4 Å². The Bertz CT molecular complexity index is 1170. The standard InChI is InChI=1S/C22H14Cl2F3NO3.Li.H/c1-31-21(30)17-10-13(12-3-2-4-14(9-12)22(25,26)27)5-8-19(17)28-20(29)16-7-6-15(23)11-18(16)24;;/h2-11H,1H3,(H,28,29);;. The Hall–Kier alpha value is -2.43. The summed E-state index contributed by atoms with van der Waals surface area (Å²) < 4.78 is 43.9. The van der Waals surface area contributed by atoms with Crippen LogP contribution in [0.1, 0.15) is 26.3 Å². The first kappa shape index (κ1) is 25.8. The minimum absolute atomic E-state index is 0. The van der Waals surface area contributed by atoms with Crippen LogP contribution < -0.4 is 5.32 Å². The van der Waals surface area contributed by atoms with Crippen LogP contribution >= 0.6 is 23.2 Å². The van der Waals surface area contributed by atoms with E-state index in [9.17, 15) is 22.8 Å². The summed E-state index contributed by atoms with van der Waals surface area (Å²) in [6, 6.07) is 13.2. The third-order valence-corrected chi connectivity index (χ3v) is 4.92. The van der Waals surface area contributed by atoms with Crippen LogP contribution in [0.25, 0.3) is 11.1 Å². The molecule has 10 heteroatoms. The number of esters is 1. The van der Waals surface area contributed by atoms with Gasteiger partial charge in [0.05, 0.1) is 34.5 Å². The van der Waals surface area contributed by atoms with Gasteiger partial charge < -0.3 is 10.1 Å². The summed E-state index contributed by atoms with van der Waals surface area (Å²) in [5.74, 6) is -1.37. The summed E-state index contributed by atoms with van der Waals surface area (Å²) in [6.07, 6.45) is -4.51. The molecular formula is C22H15Cl2F3LiNO3. The summed E-state index contributed by atoms with van der Waals surface area (Å²) in [5, 5.41) is 3.03. The van der Waals surface area contributed by atoms with E-state index in [0.29, 0.717) is 10.6 Å². The molecule has 3 rings (SSSR count). The Balaban J connectivity index is 0.00000363. The number of alkyl halides is 3. The third kappa shape index (κ3) is 5.87. The van der Waals surface area contributed by atoms with Crippen molar-refractivity contribution in [1.29, 1.82) is 0 Å². The molecule has 0 atom stereocenters. The van der Waals surface area contributed by atoms with E-state index in [-0.39, 0.29) is 46.3 Å². The SMILES string of the molecule is COC(=O)c1cc(-c2cccc(C(F)(F)F)c2)ccc1NC(=O)c1ccc(Cl)cc1Cl.[LiH]. The van der Waals surface area contributed by atoms with Gasteiger partial charge in [-0.05, 0) is 53.6 Å². The zero-order valence-corrected chi connectivity index (χ0v) is 17.4. The Morgan fingerprint density at radius 3 is 2.22 bits per heavy atom. The first-order valence-electron chi connectivity index (χ1n) is 8.76. The predicted molar refractivity (Wildman–Crippen MR) is 120 cm³/mol. The number of hydrogen-bond donors (Lipinski definition) is 1. The maximum atomic E-state index is 13.0. The van der Waals surface area contributed by atoms with Crippen LogP contribution in [0.4, 0.5) is 18.9 Å². The van der Waals surface area contributed by atoms with Gasteiger partial charge in [-0.1, -0.05) is 41.4 Å². The summed E-state index contributed by atoms with van der Waals surface area (Å²) in [4.78, 5) is 24.9. The number of rotatable bonds is 4. The molecule has 0 saturated heterocycles. The number of anilines is 1. The summed E-state index contributed by atoms with van der Waals surface area (Å²) >= 11 is 11.9. The van der Waals surface area contributed by atoms with E-state index in [4.69, 9.17) is 27.9 Å². The van der Waals surface area contributed by atoms with Gasteiger partial charge >= 0.3 is 31.0 Å². The molecule has 0 aliphatic heterocycles. The van der Waals surface area contributed by atoms with E-state index in [1.54, 1.807) is 0 Å². The molecule has 3 aromatic carbocycles. The molecule has 1 N–H and O–H groups in total. The third-order valence-electron chi connectivity index (χ3n) is 4.37. The molecular weight excluding hydrogens is 461 g/mol. The molecule has 0 fully saturated rings. The fourth-order valence-corrected chi connectivity index (χ4v) is 3.34. The van der Waals surface area contributed by atoms with Crippen molar-refractivity contribution in [1.82, 2.24) is 0 Å². The van der Waals surface area contributed by atoms with E-state index in [0.717, 1.165) is 19.2 Å². The van der Waals surface area contributed by atoms with Gasteiger partial charge in [-0.2, -0.15) is 13.2 Å². The van der Waals surface area contributed by atoms with Crippen LogP contribution in [-0.2, 0) is 10.9 Å². The second-order valence-corrected chi connectivity index (χ2v) is 7.25. The van der Waals surface area contributed by atoms with Crippen molar-refractivity contribution in [2.24, 2.45) is 0 Å². The van der Waals surface area contributed by atoms with Crippen LogP contribution in [0.2, 0.25) is 10.0 Å². The molecule has 0 aliphatic carbocycles. The molecule has 1 amide bonds. The number of ether oxygens (including phenoxy) is 1. The molecule has 0 spiro atoms. The number of halogens is 5. The van der Waals surface area contributed by atoms with Crippen LogP contribution in [0.5, 0.6) is 0 Å². The minimum atomic E-state index is -4.51. The van der Waals surface area contributed by atoms with Gasteiger partial charge in [0.1, 0.15) is 0 Å². The summed E-state index contributed by atoms with van der Waals surface area (Å²) in [6.45, 7) is 0. The second kappa shape index (κ2) is 10.5. The van der Waals surface area contributed by atoms with Crippen molar-refractivity contribution in [3.63, 3.8) is 0 Å². The van der Waals surface area contributed by atoms with E-state index < -0.39 is 23.6 Å². The van der Waals surface area contributed by atoms with Gasteiger partial charge in [-0.15, -0.1) is 0 Å². The van der Waals surface area contributed by atoms with E-state index in [1.807, 2.05) is 0 Å². The molecule has 0 unspecified atom stereocenters. The maximum absolute atomic E-state index is 13.0. The monoisotopic (exact) mass is 475 g/mol. The van der Waals surface area contributed by atoms with Crippen LogP contribution in [0, 0.1) is 0 Å². The van der Waals surface area contributed by atoms with Crippen molar-refractivity contribution in [3.8, 4) is 11.1 Å². The average molecular weight is 476 g/mol. The van der Waals surface area contributed by atoms with Gasteiger partial charge in [0, 0.05) is 5.02 Å². The quantitative estimate of drug-likeness (QED) is 0.368. The van der Waals surface area contributed by atoms with Gasteiger partial charge in [0.15, 0.2) is 0 Å². The number of hydrogen-bond acceptors (Lipinski definition) is 3. The molecule has 0 bridgehead atoms. The van der Waals surface area contributed by atoms with Crippen LogP contribution in [-0.4, -0.2) is 37.8 Å². The predicted octanol–water partition coefficient (Wildman–Crippen LogP) is 6.07. The van der Waals surface area contributed by atoms with Crippen molar-refractivity contribution >= 4 is 59.6 Å². The summed E-state index contributed by atoms with van der Waals surface area (Å²) in [5.41, 5.74) is -0.0229. The average Bonchev–Trinajstić information content (AvgIpc) is 2.72. The van der Waals surface area contributed by atoms with Crippen molar-refractivity contribution in [2.75, 3.05) is 12.4 Å². The number of amides is 1. The molecule has 0 saturated carbocycles. The Labute approximate surface area is 203 Å². The molecule has 0 radical (unpaired) electrons. The van der Waals surface area contributed by atoms with E-state index in [1.165, 1.54) is 48.5 Å². The Kier molecular flexibility index (Phi) is 8.44. The topological polar surface area (TPSA) is 55.4 Å². The fourth-order valence-electron chi connectivity index (χ4n) is 2.85. The number of benzene rings is 3. The Morgan fingerprint density at radius 1 is 0.906 bits per heavy atom. The number of carbonyl (C=O) groups excluding carboxylic acids is 2. The van der Waals surface area contributed by atoms with Crippen LogP contribution in [0.3, 0.4) is 0 Å². The number of carbonyl (C=O) groups is 2. The molecule has 0 aromatic heterocycles. The second-order valence-electron chi connectivity index (χ2n) is 6.41. The van der Waals surface area contributed by atoms with E-state index in [2.05, 4.69) is 5.32 Å². The first-order chi connectivity index (χ1) is 14.6. The van der Waals surface area contributed by atoms with Crippen molar-refractivity contribution < 1.29 is 27.5 Å². The van der Waals surface area contributed by atoms with Gasteiger partial charge in [-0.25, -0.2) is 4.79 Å². The number of methoxy groups -OCH3 is 1. The molecule has 32 heavy (non-hydrogen) atoms. The first-order valence-corrected chi connectivity index (χ1v) is 9.52. The molecule has 4 nitrogen and oxygen atoms in total. The molecule has 3 aromatic rings. The molecule has 0 heterocycles. The number of nitrogens with one attached hydrogen (secondary N) is 1. The van der Waals surface area contributed by atoms with Gasteiger partial charge in [0.2, 0.25) is 0 Å². The van der Waals surface area contributed by atoms with Crippen molar-refractivity contribution in [2.45, 2.75) is 6.18 Å². The summed E-state index contributed by atoms with van der Waals surface area (Å²) in [7, 11) is 1.15. The molecule has 0 aliphatic rings. The van der Waals surface area contributed by atoms with Gasteiger partial charge in [0.25, 0.3) is 5.91 Å². The molecule has 162 valence electrons. The van der Waals surface area contributed by atoms with Gasteiger partial charge in [-0.3, -0.25) is 4.79 Å². The normalized spacial score (nSPS) is 10.8. The fraction of sp³-hybridized carbons (Fsp3) is 0.0909. The van der Waals surface area contributed by atoms with E-state index >= 15 is 0 Å².